The second-order valence-electron chi connectivity index (χ2n) is 7.48. The summed E-state index contributed by atoms with van der Waals surface area (Å²) in [4.78, 5) is 21.3. The maximum Gasteiger partial charge on any atom is 0.244 e. The second-order valence-corrected chi connectivity index (χ2v) is 7.48. The van der Waals surface area contributed by atoms with Gasteiger partial charge in [-0.05, 0) is 37.1 Å². The van der Waals surface area contributed by atoms with E-state index in [1.165, 1.54) is 24.1 Å². The number of nitrogens with one attached hydrogen (secondary N) is 1. The SMILES string of the molecule is Cl.Cl.O=C(Cn1nccc1C1CCCNC1)N1CCN(Cc2cccnc2)CC1. The third-order valence-corrected chi connectivity index (χ3v) is 5.60. The molecule has 29 heavy (non-hydrogen) atoms. The molecular weight excluding hydrogens is 411 g/mol. The van der Waals surface area contributed by atoms with Crippen molar-refractivity contribution >= 4 is 30.7 Å². The first kappa shape index (κ1) is 23.6. The summed E-state index contributed by atoms with van der Waals surface area (Å²) in [5.74, 6) is 0.634. The van der Waals surface area contributed by atoms with Gasteiger partial charge in [-0.25, -0.2) is 0 Å². The Hall–Kier alpha value is -1.67. The Morgan fingerprint density at radius 1 is 1.14 bits per heavy atom. The van der Waals surface area contributed by atoms with Gasteiger partial charge in [0.15, 0.2) is 0 Å². The number of hydrogen-bond donors (Lipinski definition) is 1. The predicted octanol–water partition coefficient (Wildman–Crippen LogP) is 1.93. The largest absolute Gasteiger partial charge is 0.339 e. The van der Waals surface area contributed by atoms with Crippen LogP contribution in [0, 0.1) is 0 Å². The van der Waals surface area contributed by atoms with Crippen LogP contribution in [0.5, 0.6) is 0 Å². The molecule has 2 aromatic rings. The van der Waals surface area contributed by atoms with Gasteiger partial charge >= 0.3 is 0 Å². The molecule has 0 aromatic carbocycles. The van der Waals surface area contributed by atoms with Gasteiger partial charge in [0.2, 0.25) is 5.91 Å². The van der Waals surface area contributed by atoms with Gasteiger partial charge in [0.1, 0.15) is 6.54 Å². The van der Waals surface area contributed by atoms with Crippen LogP contribution in [-0.4, -0.2) is 69.7 Å². The number of pyridine rings is 1. The molecule has 0 bridgehead atoms. The van der Waals surface area contributed by atoms with Gasteiger partial charge in [-0.15, -0.1) is 24.8 Å². The van der Waals surface area contributed by atoms with Crippen LogP contribution in [0.2, 0.25) is 0 Å². The molecule has 0 saturated carbocycles. The first-order valence-electron chi connectivity index (χ1n) is 9.91. The standard InChI is InChI=1S/C20H28N6O.2ClH/c27-20(16-26-19(5-8-23-26)18-4-2-7-22-14-18)25-11-9-24(10-12-25)15-17-3-1-6-21-13-17;;/h1,3,5-6,8,13,18,22H,2,4,7,9-12,14-16H2;2*1H. The van der Waals surface area contributed by atoms with Gasteiger partial charge < -0.3 is 10.2 Å². The van der Waals surface area contributed by atoms with Crippen LogP contribution in [-0.2, 0) is 17.9 Å². The number of rotatable bonds is 5. The van der Waals surface area contributed by atoms with Crippen molar-refractivity contribution in [2.24, 2.45) is 0 Å². The molecule has 2 aromatic heterocycles. The highest BCUT2D eigenvalue weighted by atomic mass is 35.5. The van der Waals surface area contributed by atoms with E-state index >= 15 is 0 Å². The van der Waals surface area contributed by atoms with Crippen molar-refractivity contribution in [3.05, 3.63) is 48.0 Å². The lowest BCUT2D eigenvalue weighted by Gasteiger charge is -2.35. The Kier molecular flexibility index (Phi) is 9.36. The van der Waals surface area contributed by atoms with Gasteiger partial charge in [0, 0.05) is 69.5 Å². The molecular formula is C20H30Cl2N6O. The maximum atomic E-state index is 12.8. The quantitative estimate of drug-likeness (QED) is 0.769. The molecule has 2 saturated heterocycles. The Balaban J connectivity index is 0.00000150. The molecule has 9 heteroatoms. The van der Waals surface area contributed by atoms with Gasteiger partial charge in [0.05, 0.1) is 0 Å². The molecule has 2 aliphatic rings. The molecule has 2 aliphatic heterocycles. The van der Waals surface area contributed by atoms with Crippen molar-refractivity contribution in [1.82, 2.24) is 29.9 Å². The summed E-state index contributed by atoms with van der Waals surface area (Å²) in [5, 5.41) is 7.87. The number of carbonyl (C=O) groups excluding carboxylic acids is 1. The van der Waals surface area contributed by atoms with Crippen molar-refractivity contribution < 1.29 is 4.79 Å². The summed E-state index contributed by atoms with van der Waals surface area (Å²) in [6.07, 6.45) is 7.88. The van der Waals surface area contributed by atoms with E-state index in [0.717, 1.165) is 45.8 Å². The molecule has 4 heterocycles. The fourth-order valence-electron chi connectivity index (χ4n) is 4.06. The van der Waals surface area contributed by atoms with Crippen LogP contribution in [0.4, 0.5) is 0 Å². The van der Waals surface area contributed by atoms with Gasteiger partial charge in [-0.2, -0.15) is 5.10 Å². The summed E-state index contributed by atoms with van der Waals surface area (Å²) in [7, 11) is 0. The molecule has 7 nitrogen and oxygen atoms in total. The van der Waals surface area contributed by atoms with Crippen molar-refractivity contribution in [3.63, 3.8) is 0 Å². The van der Waals surface area contributed by atoms with Gasteiger partial charge in [0.25, 0.3) is 0 Å². The molecule has 0 spiro atoms. The smallest absolute Gasteiger partial charge is 0.244 e. The zero-order chi connectivity index (χ0) is 18.5. The molecule has 1 unspecified atom stereocenters. The number of piperazine rings is 1. The second kappa shape index (κ2) is 11.5. The lowest BCUT2D eigenvalue weighted by Crippen LogP contribution is -2.49. The van der Waals surface area contributed by atoms with Crippen molar-refractivity contribution in [2.45, 2.75) is 31.8 Å². The first-order chi connectivity index (χ1) is 13.3. The van der Waals surface area contributed by atoms with Crippen LogP contribution < -0.4 is 5.32 Å². The maximum absolute atomic E-state index is 12.8. The highest BCUT2D eigenvalue weighted by Gasteiger charge is 2.24. The Labute approximate surface area is 184 Å². The Bertz CT molecular complexity index is 742. The molecule has 1 N–H and O–H groups in total. The minimum atomic E-state index is 0. The topological polar surface area (TPSA) is 66.3 Å². The Morgan fingerprint density at radius 3 is 2.66 bits per heavy atom. The van der Waals surface area contributed by atoms with Crippen molar-refractivity contribution in [1.29, 1.82) is 0 Å². The summed E-state index contributed by atoms with van der Waals surface area (Å²) >= 11 is 0. The van der Waals surface area contributed by atoms with Gasteiger partial charge in [-0.3, -0.25) is 19.4 Å². The van der Waals surface area contributed by atoms with E-state index in [1.54, 1.807) is 6.20 Å². The third kappa shape index (κ3) is 6.15. The highest BCUT2D eigenvalue weighted by Crippen LogP contribution is 2.23. The summed E-state index contributed by atoms with van der Waals surface area (Å²) < 4.78 is 1.90. The molecule has 0 radical (unpaired) electrons. The molecule has 2 fully saturated rings. The van der Waals surface area contributed by atoms with E-state index in [2.05, 4.69) is 32.4 Å². The van der Waals surface area contributed by atoms with E-state index in [1.807, 2.05) is 28.0 Å². The molecule has 0 aliphatic carbocycles. The van der Waals surface area contributed by atoms with E-state index in [0.29, 0.717) is 12.5 Å². The summed E-state index contributed by atoms with van der Waals surface area (Å²) in [6.45, 7) is 6.68. The fourth-order valence-corrected chi connectivity index (χ4v) is 4.06. The number of amides is 1. The molecule has 1 amide bonds. The zero-order valence-corrected chi connectivity index (χ0v) is 18.2. The summed E-state index contributed by atoms with van der Waals surface area (Å²) in [6, 6.07) is 6.14. The first-order valence-corrected chi connectivity index (χ1v) is 9.91. The summed E-state index contributed by atoms with van der Waals surface area (Å²) in [5.41, 5.74) is 2.41. The lowest BCUT2D eigenvalue weighted by molar-refractivity contribution is -0.133. The monoisotopic (exact) mass is 440 g/mol. The van der Waals surface area contributed by atoms with Crippen LogP contribution in [0.15, 0.2) is 36.8 Å². The molecule has 1 atom stereocenters. The number of halogens is 2. The Morgan fingerprint density at radius 2 is 1.97 bits per heavy atom. The number of nitrogens with zero attached hydrogens (tertiary/aromatic N) is 5. The van der Waals surface area contributed by atoms with E-state index < -0.39 is 0 Å². The lowest BCUT2D eigenvalue weighted by atomic mass is 9.96. The average molecular weight is 441 g/mol. The molecule has 160 valence electrons. The number of carbonyl (C=O) groups is 1. The van der Waals surface area contributed by atoms with E-state index in [4.69, 9.17) is 0 Å². The third-order valence-electron chi connectivity index (χ3n) is 5.60. The van der Waals surface area contributed by atoms with Crippen molar-refractivity contribution in [3.8, 4) is 0 Å². The number of piperidine rings is 1. The molecule has 4 rings (SSSR count). The predicted molar refractivity (Wildman–Crippen MR) is 118 cm³/mol. The average Bonchev–Trinajstić information content (AvgIpc) is 3.18. The van der Waals surface area contributed by atoms with E-state index in [9.17, 15) is 4.79 Å². The van der Waals surface area contributed by atoms with Gasteiger partial charge in [-0.1, -0.05) is 6.07 Å². The normalized spacial score (nSPS) is 19.9. The van der Waals surface area contributed by atoms with Crippen LogP contribution in [0.1, 0.15) is 30.0 Å². The van der Waals surface area contributed by atoms with Crippen LogP contribution >= 0.6 is 24.8 Å². The zero-order valence-electron chi connectivity index (χ0n) is 16.6. The highest BCUT2D eigenvalue weighted by molar-refractivity contribution is 5.85. The van der Waals surface area contributed by atoms with Crippen molar-refractivity contribution in [2.75, 3.05) is 39.3 Å². The number of hydrogen-bond acceptors (Lipinski definition) is 5. The van der Waals surface area contributed by atoms with Crippen LogP contribution in [0.25, 0.3) is 0 Å². The minimum absolute atomic E-state index is 0. The van der Waals surface area contributed by atoms with E-state index in [-0.39, 0.29) is 30.7 Å². The minimum Gasteiger partial charge on any atom is -0.339 e. The fraction of sp³-hybridized carbons (Fsp3) is 0.550. The number of aromatic nitrogens is 3. The van der Waals surface area contributed by atoms with Crippen LogP contribution in [0.3, 0.4) is 0 Å².